The summed E-state index contributed by atoms with van der Waals surface area (Å²) < 4.78 is 0. The van der Waals surface area contributed by atoms with Crippen LogP contribution >= 0.6 is 0 Å². The van der Waals surface area contributed by atoms with E-state index in [4.69, 9.17) is 0 Å². The Morgan fingerprint density at radius 1 is 0.963 bits per heavy atom. The predicted molar refractivity (Wildman–Crippen MR) is 102 cm³/mol. The monoisotopic (exact) mass is 363 g/mol. The zero-order valence-corrected chi connectivity index (χ0v) is 14.8. The first-order chi connectivity index (χ1) is 12.9. The molecule has 27 heavy (non-hydrogen) atoms. The van der Waals surface area contributed by atoms with Gasteiger partial charge in [0, 0.05) is 28.8 Å². The lowest BCUT2D eigenvalue weighted by molar-refractivity contribution is -0.385. The standard InChI is InChI=1S/C19H17N5O3/c1-12-11-13(2)21-19(20-12)23-15-9-7-14(8-10-15)22-18(25)16-5-3-4-6-17(16)24(26)27/h3-11H,1-2H3,(H,22,25)(H,20,21,23). The lowest BCUT2D eigenvalue weighted by atomic mass is 10.1. The number of nitrogens with one attached hydrogen (secondary N) is 2. The summed E-state index contributed by atoms with van der Waals surface area (Å²) in [6, 6.07) is 14.6. The van der Waals surface area contributed by atoms with Crippen molar-refractivity contribution < 1.29 is 9.72 Å². The molecule has 0 saturated heterocycles. The minimum atomic E-state index is -0.578. The number of nitro benzene ring substituents is 1. The van der Waals surface area contributed by atoms with Crippen LogP contribution in [0, 0.1) is 24.0 Å². The van der Waals surface area contributed by atoms with Gasteiger partial charge in [0.15, 0.2) is 0 Å². The Labute approximate surface area is 155 Å². The minimum Gasteiger partial charge on any atom is -0.324 e. The average Bonchev–Trinajstić information content (AvgIpc) is 2.62. The summed E-state index contributed by atoms with van der Waals surface area (Å²) in [5.41, 5.74) is 2.76. The number of aryl methyl sites for hydroxylation is 2. The van der Waals surface area contributed by atoms with Crippen LogP contribution in [0.1, 0.15) is 21.7 Å². The number of amides is 1. The van der Waals surface area contributed by atoms with Crippen LogP contribution in [0.5, 0.6) is 0 Å². The number of nitro groups is 1. The highest BCUT2D eigenvalue weighted by Gasteiger charge is 2.19. The van der Waals surface area contributed by atoms with Crippen LogP contribution in [0.25, 0.3) is 0 Å². The topological polar surface area (TPSA) is 110 Å². The van der Waals surface area contributed by atoms with Gasteiger partial charge in [-0.2, -0.15) is 0 Å². The molecule has 2 N–H and O–H groups in total. The third-order valence-electron chi connectivity index (χ3n) is 3.73. The van der Waals surface area contributed by atoms with Crippen molar-refractivity contribution in [3.8, 4) is 0 Å². The maximum absolute atomic E-state index is 12.3. The van der Waals surface area contributed by atoms with Gasteiger partial charge in [-0.25, -0.2) is 9.97 Å². The van der Waals surface area contributed by atoms with Crippen molar-refractivity contribution in [2.45, 2.75) is 13.8 Å². The van der Waals surface area contributed by atoms with Crippen LogP contribution in [0.2, 0.25) is 0 Å². The quantitative estimate of drug-likeness (QED) is 0.524. The third-order valence-corrected chi connectivity index (χ3v) is 3.73. The van der Waals surface area contributed by atoms with E-state index in [1.807, 2.05) is 19.9 Å². The Bertz CT molecular complexity index is 982. The summed E-state index contributed by atoms with van der Waals surface area (Å²) in [7, 11) is 0. The summed E-state index contributed by atoms with van der Waals surface area (Å²) in [5, 5.41) is 16.8. The van der Waals surface area contributed by atoms with Gasteiger partial charge in [-0.15, -0.1) is 0 Å². The third kappa shape index (κ3) is 4.43. The second-order valence-corrected chi connectivity index (χ2v) is 5.91. The molecule has 1 aromatic heterocycles. The number of benzene rings is 2. The van der Waals surface area contributed by atoms with E-state index in [9.17, 15) is 14.9 Å². The van der Waals surface area contributed by atoms with Crippen molar-refractivity contribution in [2.75, 3.05) is 10.6 Å². The van der Waals surface area contributed by atoms with Crippen molar-refractivity contribution in [1.82, 2.24) is 9.97 Å². The number of para-hydroxylation sites is 1. The van der Waals surface area contributed by atoms with E-state index < -0.39 is 10.8 Å². The number of carbonyl (C=O) groups excluding carboxylic acids is 1. The normalized spacial score (nSPS) is 10.3. The van der Waals surface area contributed by atoms with E-state index in [1.54, 1.807) is 30.3 Å². The van der Waals surface area contributed by atoms with Gasteiger partial charge in [-0.3, -0.25) is 14.9 Å². The molecule has 0 fully saturated rings. The largest absolute Gasteiger partial charge is 0.324 e. The molecule has 0 saturated carbocycles. The van der Waals surface area contributed by atoms with Crippen LogP contribution in [0.15, 0.2) is 54.6 Å². The van der Waals surface area contributed by atoms with Crippen LogP contribution in [0.3, 0.4) is 0 Å². The predicted octanol–water partition coefficient (Wildman–Crippen LogP) is 4.00. The smallest absolute Gasteiger partial charge is 0.282 e. The Hall–Kier alpha value is -3.81. The SMILES string of the molecule is Cc1cc(C)nc(Nc2ccc(NC(=O)c3ccccc3[N+](=O)[O-])cc2)n1. The van der Waals surface area contributed by atoms with Gasteiger partial charge in [0.25, 0.3) is 11.6 Å². The first kappa shape index (κ1) is 18.0. The van der Waals surface area contributed by atoms with Crippen LogP contribution in [-0.4, -0.2) is 20.8 Å². The molecule has 136 valence electrons. The highest BCUT2D eigenvalue weighted by molar-refractivity contribution is 6.07. The number of anilines is 3. The number of rotatable bonds is 5. The summed E-state index contributed by atoms with van der Waals surface area (Å²) >= 11 is 0. The lowest BCUT2D eigenvalue weighted by Gasteiger charge is -2.09. The molecule has 8 heteroatoms. The molecule has 0 aliphatic rings. The molecule has 0 radical (unpaired) electrons. The van der Waals surface area contributed by atoms with E-state index in [0.717, 1.165) is 17.1 Å². The number of aromatic nitrogens is 2. The zero-order chi connectivity index (χ0) is 19.4. The van der Waals surface area contributed by atoms with Crippen LogP contribution < -0.4 is 10.6 Å². The average molecular weight is 363 g/mol. The molecule has 0 aliphatic heterocycles. The molecular formula is C19H17N5O3. The van der Waals surface area contributed by atoms with Crippen molar-refractivity contribution >= 4 is 28.9 Å². The van der Waals surface area contributed by atoms with Crippen molar-refractivity contribution in [3.63, 3.8) is 0 Å². The van der Waals surface area contributed by atoms with Crippen LogP contribution in [0.4, 0.5) is 23.0 Å². The Balaban J connectivity index is 1.72. The maximum Gasteiger partial charge on any atom is 0.282 e. The molecule has 0 atom stereocenters. The number of hydrogen-bond donors (Lipinski definition) is 2. The fraction of sp³-hybridized carbons (Fsp3) is 0.105. The van der Waals surface area contributed by atoms with Gasteiger partial charge >= 0.3 is 0 Å². The molecule has 3 aromatic rings. The minimum absolute atomic E-state index is 0.00772. The van der Waals surface area contributed by atoms with Crippen molar-refractivity contribution in [2.24, 2.45) is 0 Å². The van der Waals surface area contributed by atoms with Crippen molar-refractivity contribution in [3.05, 3.63) is 81.7 Å². The number of nitrogens with zero attached hydrogens (tertiary/aromatic N) is 3. The molecule has 0 bridgehead atoms. The molecule has 0 spiro atoms. The molecule has 1 heterocycles. The summed E-state index contributed by atoms with van der Waals surface area (Å²) in [6.45, 7) is 3.78. The molecule has 2 aromatic carbocycles. The Kier molecular flexibility index (Phi) is 5.07. The first-order valence-electron chi connectivity index (χ1n) is 8.16. The second-order valence-electron chi connectivity index (χ2n) is 5.91. The Morgan fingerprint density at radius 2 is 1.56 bits per heavy atom. The molecule has 0 aliphatic carbocycles. The van der Waals surface area contributed by atoms with E-state index in [2.05, 4.69) is 20.6 Å². The molecule has 3 rings (SSSR count). The highest BCUT2D eigenvalue weighted by atomic mass is 16.6. The van der Waals surface area contributed by atoms with Crippen LogP contribution in [-0.2, 0) is 0 Å². The molecule has 1 amide bonds. The summed E-state index contributed by atoms with van der Waals surface area (Å²) in [6.07, 6.45) is 0. The van der Waals surface area contributed by atoms with Gasteiger partial charge in [0.2, 0.25) is 5.95 Å². The number of carbonyl (C=O) groups is 1. The lowest BCUT2D eigenvalue weighted by Crippen LogP contribution is -2.13. The summed E-state index contributed by atoms with van der Waals surface area (Å²) in [5.74, 6) is -0.0511. The first-order valence-corrected chi connectivity index (χ1v) is 8.16. The number of hydrogen-bond acceptors (Lipinski definition) is 6. The molecule has 0 unspecified atom stereocenters. The van der Waals surface area contributed by atoms with E-state index >= 15 is 0 Å². The van der Waals surface area contributed by atoms with E-state index in [0.29, 0.717) is 11.6 Å². The molecular weight excluding hydrogens is 346 g/mol. The molecule has 8 nitrogen and oxygen atoms in total. The van der Waals surface area contributed by atoms with Crippen molar-refractivity contribution in [1.29, 1.82) is 0 Å². The highest BCUT2D eigenvalue weighted by Crippen LogP contribution is 2.21. The van der Waals surface area contributed by atoms with Gasteiger partial charge in [-0.05, 0) is 50.2 Å². The van der Waals surface area contributed by atoms with Gasteiger partial charge in [0.1, 0.15) is 5.56 Å². The summed E-state index contributed by atoms with van der Waals surface area (Å²) in [4.78, 5) is 31.4. The van der Waals surface area contributed by atoms with Gasteiger partial charge < -0.3 is 10.6 Å². The van der Waals surface area contributed by atoms with Gasteiger partial charge in [-0.1, -0.05) is 12.1 Å². The van der Waals surface area contributed by atoms with E-state index in [1.165, 1.54) is 18.2 Å². The second kappa shape index (κ2) is 7.61. The fourth-order valence-electron chi connectivity index (χ4n) is 2.57. The zero-order valence-electron chi connectivity index (χ0n) is 14.8. The van der Waals surface area contributed by atoms with E-state index in [-0.39, 0.29) is 11.3 Å². The fourth-order valence-corrected chi connectivity index (χ4v) is 2.57. The Morgan fingerprint density at radius 3 is 2.19 bits per heavy atom. The van der Waals surface area contributed by atoms with Gasteiger partial charge in [0.05, 0.1) is 4.92 Å². The maximum atomic E-state index is 12.3.